The van der Waals surface area contributed by atoms with Crippen LogP contribution in [-0.4, -0.2) is 46.2 Å². The smallest absolute Gasteiger partial charge is 0.323 e. The average Bonchev–Trinajstić information content (AvgIpc) is 2.31. The Hall–Kier alpha value is -1.87. The fourth-order valence-corrected chi connectivity index (χ4v) is 2.27. The molecule has 1 aromatic carbocycles. The minimum absolute atomic E-state index is 0.00356. The lowest BCUT2D eigenvalue weighted by molar-refractivity contribution is -0.140. The highest BCUT2D eigenvalue weighted by molar-refractivity contribution is 9.10. The number of aliphatic carboxylic acids is 2. The van der Waals surface area contributed by atoms with Crippen molar-refractivity contribution in [2.75, 3.05) is 18.4 Å². The highest BCUT2D eigenvalue weighted by atomic mass is 79.9. The molecule has 1 aromatic rings. The Labute approximate surface area is 131 Å². The lowest BCUT2D eigenvalue weighted by Crippen LogP contribution is -2.42. The predicted octanol–water partition coefficient (Wildman–Crippen LogP) is 2.24. The molecule has 2 amide bonds. The van der Waals surface area contributed by atoms with E-state index in [4.69, 9.17) is 21.8 Å². The normalized spacial score (nSPS) is 10.0. The highest BCUT2D eigenvalue weighted by Crippen LogP contribution is 2.31. The van der Waals surface area contributed by atoms with Gasteiger partial charge in [0, 0.05) is 4.47 Å². The van der Waals surface area contributed by atoms with Gasteiger partial charge in [0.2, 0.25) is 0 Å². The van der Waals surface area contributed by atoms with Gasteiger partial charge in [-0.25, -0.2) is 9.18 Å². The van der Waals surface area contributed by atoms with Gasteiger partial charge in [0.05, 0.1) is 10.7 Å². The van der Waals surface area contributed by atoms with E-state index in [9.17, 15) is 18.8 Å². The molecule has 0 aromatic heterocycles. The van der Waals surface area contributed by atoms with Gasteiger partial charge < -0.3 is 20.4 Å². The molecule has 1 rings (SSSR count). The zero-order valence-electron chi connectivity index (χ0n) is 10.3. The number of nitrogens with zero attached hydrogens (tertiary/aromatic N) is 1. The van der Waals surface area contributed by atoms with Crippen molar-refractivity contribution in [1.29, 1.82) is 0 Å². The van der Waals surface area contributed by atoms with E-state index in [0.717, 1.165) is 12.1 Å². The summed E-state index contributed by atoms with van der Waals surface area (Å²) < 4.78 is 13.2. The van der Waals surface area contributed by atoms with Gasteiger partial charge >= 0.3 is 18.0 Å². The molecule has 0 bridgehead atoms. The van der Waals surface area contributed by atoms with Crippen molar-refractivity contribution in [3.63, 3.8) is 0 Å². The second kappa shape index (κ2) is 7.23. The zero-order valence-corrected chi connectivity index (χ0v) is 12.6. The molecular weight excluding hydrogens is 374 g/mol. The third kappa shape index (κ3) is 5.20. The van der Waals surface area contributed by atoms with E-state index in [0.29, 0.717) is 4.90 Å². The Balaban J connectivity index is 2.96. The number of anilines is 1. The molecule has 0 radical (unpaired) electrons. The van der Waals surface area contributed by atoms with Gasteiger partial charge in [0.1, 0.15) is 18.9 Å². The number of benzene rings is 1. The SMILES string of the molecule is O=C(O)CN(CC(=O)O)C(=O)Nc1c(Cl)cc(F)cc1Br. The molecule has 21 heavy (non-hydrogen) atoms. The molecule has 0 saturated heterocycles. The number of rotatable bonds is 5. The molecule has 0 spiro atoms. The summed E-state index contributed by atoms with van der Waals surface area (Å²) in [5.74, 6) is -3.40. The van der Waals surface area contributed by atoms with Crippen LogP contribution in [0.3, 0.4) is 0 Å². The first-order valence-corrected chi connectivity index (χ1v) is 6.52. The van der Waals surface area contributed by atoms with Crippen molar-refractivity contribution < 1.29 is 29.0 Å². The summed E-state index contributed by atoms with van der Waals surface area (Å²) in [6, 6.07) is 0.995. The van der Waals surface area contributed by atoms with Crippen molar-refractivity contribution in [1.82, 2.24) is 4.90 Å². The van der Waals surface area contributed by atoms with Crippen LogP contribution < -0.4 is 5.32 Å². The van der Waals surface area contributed by atoms with E-state index in [-0.39, 0.29) is 15.2 Å². The van der Waals surface area contributed by atoms with Gasteiger partial charge in [-0.2, -0.15) is 0 Å². The fraction of sp³-hybridized carbons (Fsp3) is 0.182. The largest absolute Gasteiger partial charge is 0.480 e. The molecule has 0 aliphatic heterocycles. The fourth-order valence-electron chi connectivity index (χ4n) is 1.37. The molecule has 3 N–H and O–H groups in total. The number of urea groups is 1. The van der Waals surface area contributed by atoms with Crippen molar-refractivity contribution in [2.24, 2.45) is 0 Å². The quantitative estimate of drug-likeness (QED) is 0.723. The number of carboxylic acid groups (broad SMARTS) is 2. The topological polar surface area (TPSA) is 107 Å². The molecular formula is C11H9BrClFN2O5. The number of hydrogen-bond donors (Lipinski definition) is 3. The summed E-state index contributed by atoms with van der Waals surface area (Å²) in [7, 11) is 0. The molecule has 0 fully saturated rings. The number of carbonyl (C=O) groups excluding carboxylic acids is 1. The number of halogens is 3. The highest BCUT2D eigenvalue weighted by Gasteiger charge is 2.21. The van der Waals surface area contributed by atoms with Gasteiger partial charge in [0.25, 0.3) is 0 Å². The molecule has 0 saturated carbocycles. The number of amides is 2. The van der Waals surface area contributed by atoms with Crippen LogP contribution in [0.15, 0.2) is 16.6 Å². The summed E-state index contributed by atoms with van der Waals surface area (Å²) >= 11 is 8.75. The van der Waals surface area contributed by atoms with Crippen molar-refractivity contribution in [2.45, 2.75) is 0 Å². The zero-order chi connectivity index (χ0) is 16.2. The molecule has 0 aliphatic rings. The van der Waals surface area contributed by atoms with Crippen LogP contribution in [-0.2, 0) is 9.59 Å². The number of carboxylic acids is 2. The molecule has 0 atom stereocenters. The van der Waals surface area contributed by atoms with E-state index < -0.39 is 36.9 Å². The van der Waals surface area contributed by atoms with E-state index in [1.165, 1.54) is 0 Å². The Kier molecular flexibility index (Phi) is 5.91. The van der Waals surface area contributed by atoms with Gasteiger partial charge in [-0.3, -0.25) is 9.59 Å². The maximum atomic E-state index is 13.1. The minimum Gasteiger partial charge on any atom is -0.480 e. The van der Waals surface area contributed by atoms with E-state index in [1.807, 2.05) is 0 Å². The Morgan fingerprint density at radius 2 is 1.76 bits per heavy atom. The van der Waals surface area contributed by atoms with E-state index in [2.05, 4.69) is 21.2 Å². The standard InChI is InChI=1S/C11H9BrClFN2O5/c12-6-1-5(14)2-7(13)10(6)15-11(21)16(3-8(17)18)4-9(19)20/h1-2H,3-4H2,(H,15,21)(H,17,18)(H,19,20). The summed E-state index contributed by atoms with van der Waals surface area (Å²) in [6.45, 7) is -1.62. The molecule has 0 aliphatic carbocycles. The molecule has 10 heteroatoms. The summed E-state index contributed by atoms with van der Waals surface area (Å²) in [6.07, 6.45) is 0. The third-order valence-electron chi connectivity index (χ3n) is 2.18. The second-order valence-electron chi connectivity index (χ2n) is 3.82. The van der Waals surface area contributed by atoms with E-state index in [1.54, 1.807) is 0 Å². The van der Waals surface area contributed by atoms with Gasteiger partial charge in [-0.15, -0.1) is 0 Å². The molecule has 0 unspecified atom stereocenters. The third-order valence-corrected chi connectivity index (χ3v) is 3.10. The van der Waals surface area contributed by atoms with Crippen LogP contribution in [0.1, 0.15) is 0 Å². The minimum atomic E-state index is -1.38. The van der Waals surface area contributed by atoms with Crippen LogP contribution in [0, 0.1) is 5.82 Å². The second-order valence-corrected chi connectivity index (χ2v) is 5.08. The monoisotopic (exact) mass is 382 g/mol. The Morgan fingerprint density at radius 3 is 2.19 bits per heavy atom. The van der Waals surface area contributed by atoms with E-state index >= 15 is 0 Å². The maximum Gasteiger partial charge on any atom is 0.323 e. The first-order chi connectivity index (χ1) is 9.70. The first-order valence-electron chi connectivity index (χ1n) is 5.34. The van der Waals surface area contributed by atoms with Crippen LogP contribution in [0.25, 0.3) is 0 Å². The molecule has 7 nitrogen and oxygen atoms in total. The summed E-state index contributed by atoms with van der Waals surface area (Å²) in [4.78, 5) is 33.7. The van der Waals surface area contributed by atoms with Crippen LogP contribution in [0.4, 0.5) is 14.9 Å². The first kappa shape index (κ1) is 17.2. The van der Waals surface area contributed by atoms with Crippen molar-refractivity contribution in [3.05, 3.63) is 27.4 Å². The number of hydrogen-bond acceptors (Lipinski definition) is 3. The van der Waals surface area contributed by atoms with Gasteiger partial charge in [-0.1, -0.05) is 11.6 Å². The van der Waals surface area contributed by atoms with Crippen molar-refractivity contribution in [3.8, 4) is 0 Å². The summed E-state index contributed by atoms with van der Waals surface area (Å²) in [5.41, 5.74) is 0.00356. The lowest BCUT2D eigenvalue weighted by atomic mass is 10.3. The Morgan fingerprint density at radius 1 is 1.24 bits per heavy atom. The number of nitrogens with one attached hydrogen (secondary N) is 1. The predicted molar refractivity (Wildman–Crippen MR) is 75.0 cm³/mol. The van der Waals surface area contributed by atoms with Gasteiger partial charge in [0.15, 0.2) is 0 Å². The average molecular weight is 384 g/mol. The lowest BCUT2D eigenvalue weighted by Gasteiger charge is -2.20. The molecule has 114 valence electrons. The van der Waals surface area contributed by atoms with Crippen molar-refractivity contribution >= 4 is 51.2 Å². The number of carbonyl (C=O) groups is 3. The van der Waals surface area contributed by atoms with Gasteiger partial charge in [-0.05, 0) is 28.1 Å². The summed E-state index contributed by atoms with van der Waals surface area (Å²) in [5, 5.41) is 19.4. The Bertz CT molecular complexity index is 559. The van der Waals surface area contributed by atoms with Crippen LogP contribution in [0.2, 0.25) is 5.02 Å². The molecule has 0 heterocycles. The van der Waals surface area contributed by atoms with Crippen LogP contribution >= 0.6 is 27.5 Å². The maximum absolute atomic E-state index is 13.1. The van der Waals surface area contributed by atoms with Crippen LogP contribution in [0.5, 0.6) is 0 Å².